The minimum atomic E-state index is -1.06. The Labute approximate surface area is 125 Å². The molecule has 1 N–H and O–H groups in total. The summed E-state index contributed by atoms with van der Waals surface area (Å²) in [4.78, 5) is 24.3. The van der Waals surface area contributed by atoms with E-state index in [9.17, 15) is 9.59 Å². The third-order valence-corrected chi connectivity index (χ3v) is 2.73. The normalized spacial score (nSPS) is 11.7. The summed E-state index contributed by atoms with van der Waals surface area (Å²) in [6.07, 6.45) is -0.616. The molecule has 0 aromatic heterocycles. The van der Waals surface area contributed by atoms with Crippen LogP contribution in [0.2, 0.25) is 0 Å². The van der Waals surface area contributed by atoms with Crippen LogP contribution < -0.4 is 10.1 Å². The zero-order chi connectivity index (χ0) is 16.3. The van der Waals surface area contributed by atoms with Crippen LogP contribution in [-0.2, 0) is 4.74 Å². The van der Waals surface area contributed by atoms with Gasteiger partial charge in [-0.1, -0.05) is 0 Å². The molecule has 21 heavy (non-hydrogen) atoms. The fourth-order valence-electron chi connectivity index (χ4n) is 1.72. The zero-order valence-corrected chi connectivity index (χ0v) is 13.4. The van der Waals surface area contributed by atoms with E-state index in [1.54, 1.807) is 66.0 Å². The lowest BCUT2D eigenvalue weighted by molar-refractivity contribution is 0.0454. The number of rotatable bonds is 4. The summed E-state index contributed by atoms with van der Waals surface area (Å²) in [5, 5.41) is 2.60. The molecule has 0 bridgehead atoms. The molecule has 1 aromatic rings. The van der Waals surface area contributed by atoms with Crippen molar-refractivity contribution in [3.63, 3.8) is 0 Å². The van der Waals surface area contributed by atoms with Crippen LogP contribution in [0.1, 0.15) is 45.0 Å². The first-order valence-electron chi connectivity index (χ1n) is 6.75. The molecule has 0 saturated carbocycles. The molecule has 5 heteroatoms. The minimum Gasteiger partial charge on any atom is -0.497 e. The number of benzene rings is 1. The first-order chi connectivity index (χ1) is 9.55. The fraction of sp³-hybridized carbons (Fsp3) is 0.500. The molecule has 0 aliphatic heterocycles. The van der Waals surface area contributed by atoms with Crippen molar-refractivity contribution in [2.45, 2.75) is 45.8 Å². The van der Waals surface area contributed by atoms with Crippen LogP contribution in [0.3, 0.4) is 0 Å². The topological polar surface area (TPSA) is 64.6 Å². The summed E-state index contributed by atoms with van der Waals surface area (Å²) in [6, 6.07) is 6.74. The Kier molecular flexibility index (Phi) is 4.99. The van der Waals surface area contributed by atoms with Crippen LogP contribution >= 0.6 is 0 Å². The molecule has 0 atom stereocenters. The van der Waals surface area contributed by atoms with Gasteiger partial charge in [-0.05, 0) is 58.9 Å². The number of nitrogens with one attached hydrogen (secondary N) is 1. The molecule has 0 spiro atoms. The quantitative estimate of drug-likeness (QED) is 0.866. The van der Waals surface area contributed by atoms with Crippen LogP contribution in [0.4, 0.5) is 4.79 Å². The van der Waals surface area contributed by atoms with Crippen molar-refractivity contribution in [3.05, 3.63) is 29.8 Å². The number of carbonyl (C=O) groups is 2. The lowest BCUT2D eigenvalue weighted by Gasteiger charge is -2.27. The van der Waals surface area contributed by atoms with Crippen molar-refractivity contribution in [1.82, 2.24) is 5.32 Å². The van der Waals surface area contributed by atoms with Gasteiger partial charge >= 0.3 is 6.09 Å². The molecular formula is C16H23NO4. The summed E-state index contributed by atoms with van der Waals surface area (Å²) in [7, 11) is 1.56. The Morgan fingerprint density at radius 3 is 1.95 bits per heavy atom. The molecular weight excluding hydrogens is 270 g/mol. The average molecular weight is 293 g/mol. The van der Waals surface area contributed by atoms with Crippen molar-refractivity contribution in [3.8, 4) is 5.75 Å². The van der Waals surface area contributed by atoms with Crippen molar-refractivity contribution in [1.29, 1.82) is 0 Å². The molecule has 1 amide bonds. The van der Waals surface area contributed by atoms with Crippen LogP contribution in [-0.4, -0.2) is 30.1 Å². The largest absolute Gasteiger partial charge is 0.497 e. The van der Waals surface area contributed by atoms with Gasteiger partial charge in [0.2, 0.25) is 0 Å². The number of amides is 1. The Hall–Kier alpha value is -2.04. The maximum atomic E-state index is 12.5. The van der Waals surface area contributed by atoms with E-state index in [0.29, 0.717) is 11.3 Å². The first-order valence-corrected chi connectivity index (χ1v) is 6.75. The van der Waals surface area contributed by atoms with Gasteiger partial charge in [0.15, 0.2) is 5.78 Å². The molecule has 0 radical (unpaired) electrons. The lowest BCUT2D eigenvalue weighted by Crippen LogP contribution is -2.51. The van der Waals surface area contributed by atoms with Gasteiger partial charge in [0.25, 0.3) is 0 Å². The first kappa shape index (κ1) is 17.0. The highest BCUT2D eigenvalue weighted by Crippen LogP contribution is 2.18. The summed E-state index contributed by atoms with van der Waals surface area (Å²) in [6.45, 7) is 8.59. The standard InChI is InChI=1S/C16H23NO4/c1-15(2,3)21-14(19)17-16(4,5)13(18)11-7-9-12(20-6)10-8-11/h7-10H,1-6H3,(H,17,19). The van der Waals surface area contributed by atoms with E-state index in [-0.39, 0.29) is 5.78 Å². The Balaban J connectivity index is 2.80. The number of hydrogen-bond donors (Lipinski definition) is 1. The van der Waals surface area contributed by atoms with Crippen LogP contribution in [0.25, 0.3) is 0 Å². The highest BCUT2D eigenvalue weighted by Gasteiger charge is 2.32. The van der Waals surface area contributed by atoms with Gasteiger partial charge in [-0.3, -0.25) is 4.79 Å². The Bertz CT molecular complexity index is 512. The van der Waals surface area contributed by atoms with Gasteiger partial charge in [0.1, 0.15) is 16.9 Å². The molecule has 0 heterocycles. The van der Waals surface area contributed by atoms with Gasteiger partial charge in [0, 0.05) is 5.56 Å². The average Bonchev–Trinajstić information content (AvgIpc) is 2.35. The predicted octanol–water partition coefficient (Wildman–Crippen LogP) is 3.18. The maximum Gasteiger partial charge on any atom is 0.408 e. The number of Topliss-reactive ketones (excluding diaryl/α,β-unsaturated/α-hetero) is 1. The second-order valence-corrected chi connectivity index (χ2v) is 6.31. The van der Waals surface area contributed by atoms with Gasteiger partial charge in [-0.25, -0.2) is 4.79 Å². The smallest absolute Gasteiger partial charge is 0.408 e. The molecule has 1 aromatic carbocycles. The van der Waals surface area contributed by atoms with Gasteiger partial charge in [-0.15, -0.1) is 0 Å². The van der Waals surface area contributed by atoms with Gasteiger partial charge in [-0.2, -0.15) is 0 Å². The van der Waals surface area contributed by atoms with Crippen molar-refractivity contribution in [2.75, 3.05) is 7.11 Å². The van der Waals surface area contributed by atoms with Crippen molar-refractivity contribution in [2.24, 2.45) is 0 Å². The number of hydrogen-bond acceptors (Lipinski definition) is 4. The summed E-state index contributed by atoms with van der Waals surface area (Å²) >= 11 is 0. The monoisotopic (exact) mass is 293 g/mol. The van der Waals surface area contributed by atoms with E-state index in [4.69, 9.17) is 9.47 Å². The van der Waals surface area contributed by atoms with Gasteiger partial charge in [0.05, 0.1) is 7.11 Å². The number of methoxy groups -OCH3 is 1. The van der Waals surface area contributed by atoms with E-state index < -0.39 is 17.2 Å². The number of alkyl carbamates (subject to hydrolysis) is 1. The predicted molar refractivity (Wildman–Crippen MR) is 80.8 cm³/mol. The molecule has 116 valence electrons. The van der Waals surface area contributed by atoms with Crippen LogP contribution in [0.15, 0.2) is 24.3 Å². The molecule has 0 aliphatic rings. The third kappa shape index (κ3) is 5.10. The summed E-state index contributed by atoms with van der Waals surface area (Å²) < 4.78 is 10.2. The zero-order valence-electron chi connectivity index (χ0n) is 13.4. The van der Waals surface area contributed by atoms with Crippen molar-refractivity contribution < 1.29 is 19.1 Å². The number of carbonyl (C=O) groups excluding carboxylic acids is 2. The lowest BCUT2D eigenvalue weighted by atomic mass is 9.93. The maximum absolute atomic E-state index is 12.5. The highest BCUT2D eigenvalue weighted by atomic mass is 16.6. The summed E-state index contributed by atoms with van der Waals surface area (Å²) in [5.41, 5.74) is -1.17. The number of ketones is 1. The Morgan fingerprint density at radius 1 is 1.00 bits per heavy atom. The second-order valence-electron chi connectivity index (χ2n) is 6.31. The third-order valence-electron chi connectivity index (χ3n) is 2.73. The van der Waals surface area contributed by atoms with E-state index in [0.717, 1.165) is 0 Å². The van der Waals surface area contributed by atoms with Crippen molar-refractivity contribution >= 4 is 11.9 Å². The van der Waals surface area contributed by atoms with Gasteiger partial charge < -0.3 is 14.8 Å². The highest BCUT2D eigenvalue weighted by molar-refractivity contribution is 6.04. The molecule has 0 aliphatic carbocycles. The fourth-order valence-corrected chi connectivity index (χ4v) is 1.72. The molecule has 5 nitrogen and oxygen atoms in total. The number of ether oxygens (including phenoxy) is 2. The molecule has 0 saturated heterocycles. The van der Waals surface area contributed by atoms with Crippen LogP contribution in [0.5, 0.6) is 5.75 Å². The molecule has 0 fully saturated rings. The van der Waals surface area contributed by atoms with Crippen LogP contribution in [0, 0.1) is 0 Å². The molecule has 0 unspecified atom stereocenters. The van der Waals surface area contributed by atoms with E-state index in [1.165, 1.54) is 0 Å². The summed E-state index contributed by atoms with van der Waals surface area (Å²) in [5.74, 6) is 0.473. The SMILES string of the molecule is COc1ccc(C(=O)C(C)(C)NC(=O)OC(C)(C)C)cc1. The van der Waals surface area contributed by atoms with E-state index >= 15 is 0 Å². The van der Waals surface area contributed by atoms with E-state index in [1.807, 2.05) is 0 Å². The Morgan fingerprint density at radius 2 is 1.52 bits per heavy atom. The molecule has 1 rings (SSSR count). The minimum absolute atomic E-state index is 0.198. The second kappa shape index (κ2) is 6.16. The van der Waals surface area contributed by atoms with E-state index in [2.05, 4.69) is 5.32 Å².